The first kappa shape index (κ1) is 25.9. The summed E-state index contributed by atoms with van der Waals surface area (Å²) in [6.45, 7) is 15.9. The van der Waals surface area contributed by atoms with Crippen molar-refractivity contribution in [2.75, 3.05) is 0 Å². The standard InChI is InChI=1S/C28H37FN4O3/c1-16-8-9-17(2)33(16)25(34)20-10-11-21(22(29)14-20)18(3)30-26(35)28(12-13-28)31-19(4)23-15-24(32-36-23)27(5,6)7/h10-11,14-18,31H,4,8-9,12-13H2,1-3,5-7H3,(H,30,35)/t16-,17+,18-/m1/s1. The van der Waals surface area contributed by atoms with Gasteiger partial charge < -0.3 is 20.1 Å². The minimum absolute atomic E-state index is 0.141. The van der Waals surface area contributed by atoms with Crippen molar-refractivity contribution >= 4 is 17.5 Å². The summed E-state index contributed by atoms with van der Waals surface area (Å²) in [5, 5.41) is 10.2. The van der Waals surface area contributed by atoms with E-state index in [1.54, 1.807) is 19.1 Å². The average Bonchev–Trinajstić information content (AvgIpc) is 3.24. The number of likely N-dealkylation sites (tertiary alicyclic amines) is 1. The summed E-state index contributed by atoms with van der Waals surface area (Å²) in [6.07, 6.45) is 3.17. The van der Waals surface area contributed by atoms with E-state index in [-0.39, 0.29) is 29.3 Å². The van der Waals surface area contributed by atoms with E-state index in [4.69, 9.17) is 4.52 Å². The van der Waals surface area contributed by atoms with Crippen LogP contribution in [-0.2, 0) is 10.2 Å². The van der Waals surface area contributed by atoms with Gasteiger partial charge in [0.05, 0.1) is 17.4 Å². The number of nitrogens with zero attached hydrogens (tertiary/aromatic N) is 2. The third kappa shape index (κ3) is 5.04. The number of aromatic nitrogens is 1. The second kappa shape index (κ2) is 9.37. The molecule has 1 aliphatic carbocycles. The molecule has 1 aromatic heterocycles. The summed E-state index contributed by atoms with van der Waals surface area (Å²) in [4.78, 5) is 27.9. The molecule has 194 valence electrons. The fourth-order valence-electron chi connectivity index (χ4n) is 4.82. The molecular formula is C28H37FN4O3. The van der Waals surface area contributed by atoms with Crippen molar-refractivity contribution < 1.29 is 18.5 Å². The number of hydrogen-bond donors (Lipinski definition) is 2. The van der Waals surface area contributed by atoms with Crippen molar-refractivity contribution in [1.82, 2.24) is 20.7 Å². The first-order valence-corrected chi connectivity index (χ1v) is 12.7. The second-order valence-electron chi connectivity index (χ2n) is 11.4. The van der Waals surface area contributed by atoms with Gasteiger partial charge in [0.1, 0.15) is 11.4 Å². The molecule has 7 nitrogen and oxygen atoms in total. The fourth-order valence-corrected chi connectivity index (χ4v) is 4.82. The molecule has 1 aliphatic heterocycles. The number of amides is 2. The lowest BCUT2D eigenvalue weighted by Crippen LogP contribution is -2.46. The van der Waals surface area contributed by atoms with E-state index in [0.29, 0.717) is 35.4 Å². The van der Waals surface area contributed by atoms with Gasteiger partial charge in [0, 0.05) is 34.7 Å². The monoisotopic (exact) mass is 496 g/mol. The number of rotatable bonds is 7. The number of benzene rings is 1. The normalized spacial score (nSPS) is 21.7. The van der Waals surface area contributed by atoms with Gasteiger partial charge in [0.25, 0.3) is 5.91 Å². The van der Waals surface area contributed by atoms with Crippen molar-refractivity contribution in [2.45, 2.75) is 96.3 Å². The highest BCUT2D eigenvalue weighted by molar-refractivity contribution is 5.95. The Kier molecular flexibility index (Phi) is 6.75. The Morgan fingerprint density at radius 3 is 2.36 bits per heavy atom. The minimum Gasteiger partial charge on any atom is -0.369 e. The highest BCUT2D eigenvalue weighted by atomic mass is 19.1. The van der Waals surface area contributed by atoms with E-state index >= 15 is 4.39 Å². The molecule has 2 heterocycles. The van der Waals surface area contributed by atoms with Crippen LogP contribution in [-0.4, -0.2) is 39.5 Å². The van der Waals surface area contributed by atoms with Crippen molar-refractivity contribution in [2.24, 2.45) is 0 Å². The molecule has 2 aliphatic rings. The van der Waals surface area contributed by atoms with Gasteiger partial charge in [-0.25, -0.2) is 4.39 Å². The Balaban J connectivity index is 1.41. The van der Waals surface area contributed by atoms with Crippen molar-refractivity contribution in [3.05, 3.63) is 59.2 Å². The van der Waals surface area contributed by atoms with E-state index < -0.39 is 17.4 Å². The molecule has 3 atom stereocenters. The highest BCUT2D eigenvalue weighted by Crippen LogP contribution is 2.39. The lowest BCUT2D eigenvalue weighted by molar-refractivity contribution is -0.124. The van der Waals surface area contributed by atoms with Crippen molar-refractivity contribution in [3.63, 3.8) is 0 Å². The molecule has 2 amide bonds. The van der Waals surface area contributed by atoms with E-state index in [0.717, 1.165) is 18.5 Å². The maximum absolute atomic E-state index is 15.1. The lowest BCUT2D eigenvalue weighted by atomic mass is 9.92. The molecule has 1 saturated carbocycles. The van der Waals surface area contributed by atoms with Crippen LogP contribution in [0.1, 0.15) is 101 Å². The minimum atomic E-state index is -0.811. The van der Waals surface area contributed by atoms with Crippen molar-refractivity contribution in [3.8, 4) is 0 Å². The number of carbonyl (C=O) groups excluding carboxylic acids is 2. The molecule has 8 heteroatoms. The van der Waals surface area contributed by atoms with Crippen molar-refractivity contribution in [1.29, 1.82) is 0 Å². The Morgan fingerprint density at radius 2 is 1.83 bits per heavy atom. The summed E-state index contributed by atoms with van der Waals surface area (Å²) in [5.74, 6) is -0.408. The predicted octanol–water partition coefficient (Wildman–Crippen LogP) is 5.09. The molecule has 0 unspecified atom stereocenters. The molecule has 0 bridgehead atoms. The van der Waals surface area contributed by atoms with Gasteiger partial charge in [0.2, 0.25) is 5.91 Å². The number of nitrogens with one attached hydrogen (secondary N) is 2. The largest absolute Gasteiger partial charge is 0.369 e. The summed E-state index contributed by atoms with van der Waals surface area (Å²) in [5.41, 5.74) is 0.971. The number of carbonyl (C=O) groups is 2. The molecular weight excluding hydrogens is 459 g/mol. The molecule has 0 radical (unpaired) electrons. The second-order valence-corrected chi connectivity index (χ2v) is 11.4. The quantitative estimate of drug-likeness (QED) is 0.557. The van der Waals surface area contributed by atoms with Crippen LogP contribution in [0.15, 0.2) is 35.4 Å². The molecule has 2 fully saturated rings. The van der Waals surface area contributed by atoms with E-state index in [1.165, 1.54) is 6.07 Å². The molecule has 2 N–H and O–H groups in total. The Hall–Kier alpha value is -3.16. The average molecular weight is 497 g/mol. The van der Waals surface area contributed by atoms with Crippen LogP contribution < -0.4 is 10.6 Å². The third-order valence-corrected chi connectivity index (χ3v) is 7.40. The van der Waals surface area contributed by atoms with Crippen LogP contribution >= 0.6 is 0 Å². The molecule has 0 spiro atoms. The summed E-state index contributed by atoms with van der Waals surface area (Å²) in [7, 11) is 0. The molecule has 36 heavy (non-hydrogen) atoms. The smallest absolute Gasteiger partial charge is 0.254 e. The molecule has 1 saturated heterocycles. The van der Waals surface area contributed by atoms with Gasteiger partial charge in [-0.1, -0.05) is 38.6 Å². The zero-order valence-electron chi connectivity index (χ0n) is 22.1. The topological polar surface area (TPSA) is 87.5 Å². The summed E-state index contributed by atoms with van der Waals surface area (Å²) in [6, 6.07) is 6.05. The van der Waals surface area contributed by atoms with Crippen LogP contribution in [0.25, 0.3) is 5.70 Å². The maximum atomic E-state index is 15.1. The van der Waals surface area contributed by atoms with Gasteiger partial charge in [-0.05, 0) is 58.6 Å². The Labute approximate surface area is 212 Å². The third-order valence-electron chi connectivity index (χ3n) is 7.40. The first-order chi connectivity index (χ1) is 16.8. The van der Waals surface area contributed by atoms with Gasteiger partial charge in [0.15, 0.2) is 5.76 Å². The van der Waals surface area contributed by atoms with E-state index in [1.807, 2.05) is 45.6 Å². The number of hydrogen-bond acceptors (Lipinski definition) is 5. The van der Waals surface area contributed by atoms with Crippen LogP contribution in [0.4, 0.5) is 4.39 Å². The Morgan fingerprint density at radius 1 is 1.19 bits per heavy atom. The van der Waals surface area contributed by atoms with Gasteiger partial charge in [-0.15, -0.1) is 0 Å². The van der Waals surface area contributed by atoms with E-state index in [9.17, 15) is 9.59 Å². The molecule has 2 aromatic rings. The molecule has 4 rings (SSSR count). The van der Waals surface area contributed by atoms with Gasteiger partial charge >= 0.3 is 0 Å². The van der Waals surface area contributed by atoms with Crippen LogP contribution in [0, 0.1) is 5.82 Å². The first-order valence-electron chi connectivity index (χ1n) is 12.7. The van der Waals surface area contributed by atoms with Crippen LogP contribution in [0.2, 0.25) is 0 Å². The summed E-state index contributed by atoms with van der Waals surface area (Å²) < 4.78 is 20.5. The fraction of sp³-hybridized carbons (Fsp3) is 0.536. The SMILES string of the molecule is C=C(NC1(C(=O)N[C@H](C)c2ccc(C(=O)N3[C@H](C)CC[C@@H]3C)cc2F)CC1)c1cc(C(C)(C)C)no1. The highest BCUT2D eigenvalue weighted by Gasteiger charge is 2.51. The molecule has 1 aromatic carbocycles. The van der Waals surface area contributed by atoms with Gasteiger partial charge in [-0.2, -0.15) is 0 Å². The zero-order valence-corrected chi connectivity index (χ0v) is 22.1. The zero-order chi connectivity index (χ0) is 26.4. The van der Waals surface area contributed by atoms with Crippen LogP contribution in [0.5, 0.6) is 0 Å². The lowest BCUT2D eigenvalue weighted by Gasteiger charge is -2.27. The van der Waals surface area contributed by atoms with Gasteiger partial charge in [-0.3, -0.25) is 9.59 Å². The summed E-state index contributed by atoms with van der Waals surface area (Å²) >= 11 is 0. The Bertz CT molecular complexity index is 1170. The maximum Gasteiger partial charge on any atom is 0.254 e. The number of halogens is 1. The van der Waals surface area contributed by atoms with E-state index in [2.05, 4.69) is 22.4 Å². The van der Waals surface area contributed by atoms with Crippen LogP contribution in [0.3, 0.4) is 0 Å². The predicted molar refractivity (Wildman–Crippen MR) is 137 cm³/mol.